The van der Waals surface area contributed by atoms with E-state index in [-0.39, 0.29) is 23.0 Å². The van der Waals surface area contributed by atoms with Gasteiger partial charge in [0.25, 0.3) is 0 Å². The first-order valence-electron chi connectivity index (χ1n) is 9.94. The van der Waals surface area contributed by atoms with E-state index in [0.29, 0.717) is 37.4 Å². The van der Waals surface area contributed by atoms with Crippen LogP contribution in [0.15, 0.2) is 42.5 Å². The molecule has 1 heterocycles. The summed E-state index contributed by atoms with van der Waals surface area (Å²) >= 11 is 0. The number of urea groups is 1. The zero-order valence-corrected chi connectivity index (χ0v) is 18.7. The molecule has 0 bridgehead atoms. The van der Waals surface area contributed by atoms with Crippen LogP contribution in [0.25, 0.3) is 0 Å². The van der Waals surface area contributed by atoms with E-state index in [9.17, 15) is 18.3 Å². The summed E-state index contributed by atoms with van der Waals surface area (Å²) in [4.78, 5) is 16.3. The molecule has 2 aromatic carbocycles. The highest BCUT2D eigenvalue weighted by molar-refractivity contribution is 7.92. The number of anilines is 4. The summed E-state index contributed by atoms with van der Waals surface area (Å²) in [5.74, 6) is -0.154. The van der Waals surface area contributed by atoms with Crippen LogP contribution in [0.4, 0.5) is 27.5 Å². The highest BCUT2D eigenvalue weighted by Gasteiger charge is 2.31. The maximum Gasteiger partial charge on any atom is 0.324 e. The molecule has 0 aromatic heterocycles. The van der Waals surface area contributed by atoms with E-state index in [0.717, 1.165) is 11.9 Å². The third-order valence-electron chi connectivity index (χ3n) is 5.08. The minimum Gasteiger partial charge on any atom is -0.506 e. The fourth-order valence-corrected chi connectivity index (χ4v) is 4.01. The van der Waals surface area contributed by atoms with Crippen molar-refractivity contribution in [1.82, 2.24) is 4.90 Å². The molecule has 3 rings (SSSR count). The number of hydrogen-bond donors (Lipinski definition) is 4. The maximum atomic E-state index is 12.8. The molecule has 0 saturated carbocycles. The number of nitrogens with zero attached hydrogens (tertiary/aromatic N) is 2. The average Bonchev–Trinajstić information content (AvgIpc) is 3.03. The number of benzene rings is 2. The molecule has 10 heteroatoms. The number of nitrogens with one attached hydrogen (secondary N) is 2. The van der Waals surface area contributed by atoms with Crippen molar-refractivity contribution in [3.8, 4) is 5.75 Å². The van der Waals surface area contributed by atoms with Gasteiger partial charge in [-0.3, -0.25) is 9.62 Å². The second-order valence-electron chi connectivity index (χ2n) is 8.38. The molecule has 1 fully saturated rings. The zero-order chi connectivity index (χ0) is 22.8. The molecule has 168 valence electrons. The van der Waals surface area contributed by atoms with E-state index in [1.54, 1.807) is 29.2 Å². The third-order valence-corrected chi connectivity index (χ3v) is 5.67. The fourth-order valence-electron chi connectivity index (χ4n) is 3.45. The number of carbonyl (C=O) groups is 1. The first kappa shape index (κ1) is 22.5. The Bertz CT molecular complexity index is 1050. The summed E-state index contributed by atoms with van der Waals surface area (Å²) in [6.45, 7) is 5.83. The first-order valence-corrected chi connectivity index (χ1v) is 11.8. The van der Waals surface area contributed by atoms with Crippen molar-refractivity contribution >= 4 is 38.8 Å². The summed E-state index contributed by atoms with van der Waals surface area (Å²) in [7, 11) is -3.51. The van der Waals surface area contributed by atoms with Gasteiger partial charge in [0.2, 0.25) is 10.0 Å². The molecule has 31 heavy (non-hydrogen) atoms. The molecular weight excluding hydrogens is 418 g/mol. The molecular formula is C21H29N5O4S. The Balaban J connectivity index is 1.61. The Labute approximate surface area is 182 Å². The Hall–Kier alpha value is -3.14. The van der Waals surface area contributed by atoms with E-state index in [1.807, 2.05) is 30.9 Å². The number of nitrogens with two attached hydrogens (primary N) is 1. The van der Waals surface area contributed by atoms with E-state index >= 15 is 0 Å². The van der Waals surface area contributed by atoms with Gasteiger partial charge >= 0.3 is 6.03 Å². The van der Waals surface area contributed by atoms with Crippen molar-refractivity contribution in [2.45, 2.75) is 25.8 Å². The number of sulfonamides is 1. The van der Waals surface area contributed by atoms with Gasteiger partial charge in [0.15, 0.2) is 0 Å². The number of rotatable bonds is 8. The number of phenolic OH excluding ortho intramolecular Hbond substituents is 1. The smallest absolute Gasteiger partial charge is 0.324 e. The van der Waals surface area contributed by atoms with Gasteiger partial charge in [-0.2, -0.15) is 0 Å². The lowest BCUT2D eigenvalue weighted by Gasteiger charge is -2.30. The van der Waals surface area contributed by atoms with Crippen LogP contribution in [0.5, 0.6) is 5.75 Å². The van der Waals surface area contributed by atoms with E-state index < -0.39 is 10.0 Å². The van der Waals surface area contributed by atoms with Gasteiger partial charge in [-0.25, -0.2) is 13.2 Å². The molecule has 1 aliphatic heterocycles. The van der Waals surface area contributed by atoms with Gasteiger partial charge in [-0.15, -0.1) is 0 Å². The highest BCUT2D eigenvalue weighted by Crippen LogP contribution is 2.30. The standard InChI is InChI=1S/C21H29N5O4S/c1-21(2,23-16-6-9-19(27)18(14-16)24-31(3,29)30)10-11-25-12-13-26(20(25)28)17-7-4-15(22)5-8-17/h4-9,14,23-24,27H,10-13,22H2,1-3H3. The fraction of sp³-hybridized carbons (Fsp3) is 0.381. The lowest BCUT2D eigenvalue weighted by atomic mass is 9.99. The number of nitrogen functional groups attached to an aromatic ring is 1. The van der Waals surface area contributed by atoms with Crippen LogP contribution < -0.4 is 20.7 Å². The second kappa shape index (κ2) is 8.54. The zero-order valence-electron chi connectivity index (χ0n) is 17.9. The van der Waals surface area contributed by atoms with Crippen molar-refractivity contribution < 1.29 is 18.3 Å². The molecule has 0 unspecified atom stereocenters. The number of amides is 2. The molecule has 0 atom stereocenters. The minimum absolute atomic E-state index is 0.0372. The lowest BCUT2D eigenvalue weighted by Crippen LogP contribution is -2.38. The van der Waals surface area contributed by atoms with Crippen molar-refractivity contribution in [2.75, 3.05) is 46.6 Å². The topological polar surface area (TPSA) is 128 Å². The highest BCUT2D eigenvalue weighted by atomic mass is 32.2. The van der Waals surface area contributed by atoms with Crippen LogP contribution in [0.3, 0.4) is 0 Å². The Morgan fingerprint density at radius 2 is 1.81 bits per heavy atom. The molecule has 0 aliphatic carbocycles. The first-order chi connectivity index (χ1) is 14.4. The van der Waals surface area contributed by atoms with E-state index in [1.165, 1.54) is 6.07 Å². The molecule has 0 radical (unpaired) electrons. The van der Waals surface area contributed by atoms with Gasteiger partial charge in [0.1, 0.15) is 5.75 Å². The normalized spacial score (nSPS) is 14.7. The van der Waals surface area contributed by atoms with Crippen LogP contribution in [0.2, 0.25) is 0 Å². The summed E-state index contributed by atoms with van der Waals surface area (Å²) in [5.41, 5.74) is 7.60. The SMILES string of the molecule is CC(C)(CCN1CCN(c2ccc(N)cc2)C1=O)Nc1ccc(O)c(NS(C)(=O)=O)c1. The molecule has 9 nitrogen and oxygen atoms in total. The van der Waals surface area contributed by atoms with Crippen LogP contribution in [-0.4, -0.2) is 55.9 Å². The molecule has 5 N–H and O–H groups in total. The number of aromatic hydroxyl groups is 1. The Morgan fingerprint density at radius 1 is 1.13 bits per heavy atom. The van der Waals surface area contributed by atoms with Crippen LogP contribution in [0.1, 0.15) is 20.3 Å². The summed E-state index contributed by atoms with van der Waals surface area (Å²) in [6, 6.07) is 11.9. The lowest BCUT2D eigenvalue weighted by molar-refractivity contribution is 0.217. The monoisotopic (exact) mass is 447 g/mol. The number of carbonyl (C=O) groups excluding carboxylic acids is 1. The minimum atomic E-state index is -3.51. The maximum absolute atomic E-state index is 12.8. The molecule has 1 saturated heterocycles. The van der Waals surface area contributed by atoms with Gasteiger partial charge in [0.05, 0.1) is 11.9 Å². The van der Waals surface area contributed by atoms with Gasteiger partial charge in [-0.05, 0) is 62.7 Å². The average molecular weight is 448 g/mol. The quantitative estimate of drug-likeness (QED) is 0.280. The van der Waals surface area contributed by atoms with Crippen molar-refractivity contribution in [2.24, 2.45) is 0 Å². The summed E-state index contributed by atoms with van der Waals surface area (Å²) in [5, 5.41) is 13.2. The molecule has 2 amide bonds. The number of hydrogen-bond acceptors (Lipinski definition) is 6. The van der Waals surface area contributed by atoms with Crippen molar-refractivity contribution in [1.29, 1.82) is 0 Å². The van der Waals surface area contributed by atoms with Gasteiger partial charge < -0.3 is 21.1 Å². The predicted octanol–water partition coefficient (Wildman–Crippen LogP) is 2.87. The van der Waals surface area contributed by atoms with Crippen molar-refractivity contribution in [3.05, 3.63) is 42.5 Å². The third kappa shape index (κ3) is 5.94. The van der Waals surface area contributed by atoms with E-state index in [4.69, 9.17) is 5.73 Å². The summed E-state index contributed by atoms with van der Waals surface area (Å²) < 4.78 is 25.3. The molecule has 0 spiro atoms. The van der Waals surface area contributed by atoms with Crippen molar-refractivity contribution in [3.63, 3.8) is 0 Å². The van der Waals surface area contributed by atoms with E-state index in [2.05, 4.69) is 10.0 Å². The number of phenols is 1. The molecule has 1 aliphatic rings. The Kier molecular flexibility index (Phi) is 6.21. The largest absolute Gasteiger partial charge is 0.506 e. The van der Waals surface area contributed by atoms with Crippen LogP contribution in [0, 0.1) is 0 Å². The van der Waals surface area contributed by atoms with Gasteiger partial charge in [0, 0.05) is 42.2 Å². The van der Waals surface area contributed by atoms with Crippen LogP contribution >= 0.6 is 0 Å². The predicted molar refractivity (Wildman–Crippen MR) is 124 cm³/mol. The summed E-state index contributed by atoms with van der Waals surface area (Å²) in [6.07, 6.45) is 1.70. The molecule has 2 aromatic rings. The Morgan fingerprint density at radius 3 is 2.45 bits per heavy atom. The second-order valence-corrected chi connectivity index (χ2v) is 10.1. The van der Waals surface area contributed by atoms with Gasteiger partial charge in [-0.1, -0.05) is 0 Å². The van der Waals surface area contributed by atoms with Crippen LogP contribution in [-0.2, 0) is 10.0 Å².